The van der Waals surface area contributed by atoms with E-state index < -0.39 is 0 Å². The van der Waals surface area contributed by atoms with E-state index in [4.69, 9.17) is 5.73 Å². The molecular weight excluding hydrogens is 70.1 g/mol. The van der Waals surface area contributed by atoms with Gasteiger partial charge in [-0.3, -0.25) is 5.73 Å². The summed E-state index contributed by atoms with van der Waals surface area (Å²) >= 11 is 3.73. The van der Waals surface area contributed by atoms with Gasteiger partial charge in [0, 0.05) is 12.3 Å². The van der Waals surface area contributed by atoms with Crippen LogP contribution in [0, 0.1) is 0 Å². The minimum absolute atomic E-state index is 0.434. The second-order valence-corrected chi connectivity index (χ2v) is 0.921. The Bertz CT molecular complexity index is 8.00. The molecule has 0 unspecified atom stereocenters. The van der Waals surface area contributed by atoms with Gasteiger partial charge in [0.15, 0.2) is 0 Å². The average molecular weight is 76.1 g/mol. The van der Waals surface area contributed by atoms with Crippen molar-refractivity contribution in [2.75, 3.05) is 12.3 Å². The Labute approximate surface area is 31.6 Å². The number of thiol groups is 1. The minimum Gasteiger partial charge on any atom is -0.257 e. The van der Waals surface area contributed by atoms with Crippen molar-refractivity contribution in [1.29, 1.82) is 0 Å². The van der Waals surface area contributed by atoms with E-state index in [2.05, 4.69) is 12.6 Å². The Morgan fingerprint density at radius 2 is 2.00 bits per heavy atom. The van der Waals surface area contributed by atoms with Crippen LogP contribution in [0.5, 0.6) is 0 Å². The molecule has 0 aromatic carbocycles. The van der Waals surface area contributed by atoms with Gasteiger partial charge in [0.1, 0.15) is 0 Å². The summed E-state index contributed by atoms with van der Waals surface area (Å²) in [5.74, 6) is 0.681. The lowest BCUT2D eigenvalue weighted by Gasteiger charge is -1.67. The maximum atomic E-state index is 6.38. The van der Waals surface area contributed by atoms with E-state index in [-0.39, 0.29) is 0 Å². The van der Waals surface area contributed by atoms with Crippen LogP contribution in [0.25, 0.3) is 0 Å². The highest BCUT2D eigenvalue weighted by Crippen LogP contribution is 1.60. The fourth-order valence-corrected chi connectivity index (χ4v) is 0. The summed E-state index contributed by atoms with van der Waals surface area (Å²) in [7, 11) is 0. The van der Waals surface area contributed by atoms with Crippen LogP contribution in [-0.4, -0.2) is 12.3 Å². The molecule has 0 bridgehead atoms. The molecule has 0 rings (SSSR count). The molecule has 0 aliphatic rings. The first-order valence-corrected chi connectivity index (χ1v) is 1.80. The molecule has 0 amide bonds. The maximum absolute atomic E-state index is 6.38. The van der Waals surface area contributed by atoms with E-state index in [1.54, 1.807) is 0 Å². The van der Waals surface area contributed by atoms with Crippen LogP contribution in [0.15, 0.2) is 0 Å². The van der Waals surface area contributed by atoms with Gasteiger partial charge < -0.3 is 0 Å². The molecule has 1 N–H and O–H groups in total. The molecule has 0 atom stereocenters. The molecule has 0 fully saturated rings. The van der Waals surface area contributed by atoms with Gasteiger partial charge in [-0.2, -0.15) is 12.6 Å². The predicted octanol–water partition coefficient (Wildman–Crippen LogP) is 0.199. The first-order valence-electron chi connectivity index (χ1n) is 1.17. The zero-order chi connectivity index (χ0) is 3.41. The van der Waals surface area contributed by atoms with Crippen molar-refractivity contribution < 1.29 is 0 Å². The maximum Gasteiger partial charge on any atom is 0.0188 e. The zero-order valence-corrected chi connectivity index (χ0v) is 3.26. The third kappa shape index (κ3) is 2.31. The molecule has 25 valence electrons. The highest BCUT2D eigenvalue weighted by atomic mass is 32.1. The van der Waals surface area contributed by atoms with Gasteiger partial charge in [-0.05, 0) is 0 Å². The molecule has 0 aromatic heterocycles. The quantitative estimate of drug-likeness (QED) is 0.431. The normalized spacial score (nSPS) is 7.50. The third-order valence-corrected chi connectivity index (χ3v) is 0.335. The fourth-order valence-electron chi connectivity index (χ4n) is 0. The molecule has 0 aliphatic carbocycles. The number of nitrogens with one attached hydrogen (secondary N) is 1. The van der Waals surface area contributed by atoms with Gasteiger partial charge in [-0.1, -0.05) is 0 Å². The SMILES string of the molecule is [NH]CCS. The predicted molar refractivity (Wildman–Crippen MR) is 21.8 cm³/mol. The van der Waals surface area contributed by atoms with Crippen LogP contribution < -0.4 is 5.73 Å². The van der Waals surface area contributed by atoms with Gasteiger partial charge in [0.2, 0.25) is 0 Å². The van der Waals surface area contributed by atoms with E-state index in [1.807, 2.05) is 0 Å². The summed E-state index contributed by atoms with van der Waals surface area (Å²) in [4.78, 5) is 0. The summed E-state index contributed by atoms with van der Waals surface area (Å²) in [5, 5.41) is 0. The topological polar surface area (TPSA) is 23.8 Å². The minimum atomic E-state index is 0.434. The molecule has 0 spiro atoms. The largest absolute Gasteiger partial charge is 0.257 e. The van der Waals surface area contributed by atoms with Crippen molar-refractivity contribution >= 4 is 12.6 Å². The van der Waals surface area contributed by atoms with E-state index in [0.717, 1.165) is 0 Å². The molecule has 1 radical (unpaired) electrons. The van der Waals surface area contributed by atoms with Crippen LogP contribution in [0.1, 0.15) is 0 Å². The van der Waals surface area contributed by atoms with Crippen LogP contribution in [0.4, 0.5) is 0 Å². The smallest absolute Gasteiger partial charge is 0.0188 e. The van der Waals surface area contributed by atoms with E-state index in [0.29, 0.717) is 12.3 Å². The summed E-state index contributed by atoms with van der Waals surface area (Å²) in [6.07, 6.45) is 0. The van der Waals surface area contributed by atoms with Crippen LogP contribution >= 0.6 is 12.6 Å². The summed E-state index contributed by atoms with van der Waals surface area (Å²) in [5.41, 5.74) is 6.38. The number of hydrogen-bond donors (Lipinski definition) is 1. The van der Waals surface area contributed by atoms with Gasteiger partial charge in [0.05, 0.1) is 0 Å². The average Bonchev–Trinajstić information content (AvgIpc) is 1.37. The molecule has 4 heavy (non-hydrogen) atoms. The summed E-state index contributed by atoms with van der Waals surface area (Å²) in [6.45, 7) is 0.434. The lowest BCUT2D eigenvalue weighted by atomic mass is 10.8. The Balaban J connectivity index is 1.97. The van der Waals surface area contributed by atoms with Crippen LogP contribution in [0.3, 0.4) is 0 Å². The first-order chi connectivity index (χ1) is 1.91. The highest BCUT2D eigenvalue weighted by molar-refractivity contribution is 7.80. The molecule has 1 nitrogen and oxygen atoms in total. The fraction of sp³-hybridized carbons (Fsp3) is 1.00. The van der Waals surface area contributed by atoms with Crippen LogP contribution in [0.2, 0.25) is 0 Å². The molecule has 0 saturated heterocycles. The molecular formula is C2H6NS. The third-order valence-electron chi connectivity index (χ3n) is 0.112. The van der Waals surface area contributed by atoms with Crippen molar-refractivity contribution in [3.63, 3.8) is 0 Å². The number of hydrogen-bond acceptors (Lipinski definition) is 1. The summed E-state index contributed by atoms with van der Waals surface area (Å²) in [6, 6.07) is 0. The zero-order valence-electron chi connectivity index (χ0n) is 2.36. The van der Waals surface area contributed by atoms with Crippen molar-refractivity contribution in [2.24, 2.45) is 0 Å². The lowest BCUT2D eigenvalue weighted by molar-refractivity contribution is 1.11. The Morgan fingerprint density at radius 3 is 2.00 bits per heavy atom. The van der Waals surface area contributed by atoms with Crippen molar-refractivity contribution in [3.8, 4) is 0 Å². The lowest BCUT2D eigenvalue weighted by Crippen LogP contribution is -1.80. The standard InChI is InChI=1S/C2H6NS/c3-1-2-4/h3-4H,1-2H2. The molecule has 0 aromatic rings. The van der Waals surface area contributed by atoms with E-state index >= 15 is 0 Å². The second-order valence-electron chi connectivity index (χ2n) is 0.474. The van der Waals surface area contributed by atoms with Gasteiger partial charge >= 0.3 is 0 Å². The molecule has 0 saturated carbocycles. The van der Waals surface area contributed by atoms with Gasteiger partial charge in [-0.25, -0.2) is 0 Å². The summed E-state index contributed by atoms with van der Waals surface area (Å²) < 4.78 is 0. The van der Waals surface area contributed by atoms with Crippen molar-refractivity contribution in [3.05, 3.63) is 0 Å². The van der Waals surface area contributed by atoms with E-state index in [1.165, 1.54) is 0 Å². The molecule has 0 aliphatic heterocycles. The first kappa shape index (κ1) is 4.31. The van der Waals surface area contributed by atoms with Crippen LogP contribution in [-0.2, 0) is 0 Å². The highest BCUT2D eigenvalue weighted by Gasteiger charge is 1.57. The van der Waals surface area contributed by atoms with E-state index in [9.17, 15) is 0 Å². The second kappa shape index (κ2) is 3.31. The Hall–Kier alpha value is 0.310. The monoisotopic (exact) mass is 76.0 g/mol. The molecule has 0 heterocycles. The van der Waals surface area contributed by atoms with Crippen molar-refractivity contribution in [2.45, 2.75) is 0 Å². The Morgan fingerprint density at radius 1 is 1.75 bits per heavy atom. The van der Waals surface area contributed by atoms with Gasteiger partial charge in [-0.15, -0.1) is 0 Å². The Kier molecular flexibility index (Phi) is 3.57. The van der Waals surface area contributed by atoms with Gasteiger partial charge in [0.25, 0.3) is 0 Å². The van der Waals surface area contributed by atoms with Crippen molar-refractivity contribution in [1.82, 2.24) is 5.73 Å². The molecule has 2 heteroatoms. The number of rotatable bonds is 1.